The van der Waals surface area contributed by atoms with Crippen LogP contribution < -0.4 is 9.64 Å². The molecule has 0 unspecified atom stereocenters. The third-order valence-electron chi connectivity index (χ3n) is 10.3. The number of fused-ring (bicyclic) bond motifs is 4. The van der Waals surface area contributed by atoms with Crippen LogP contribution in [-0.2, 0) is 21.4 Å². The van der Waals surface area contributed by atoms with Crippen LogP contribution in [0, 0.1) is 11.8 Å². The van der Waals surface area contributed by atoms with Gasteiger partial charge < -0.3 is 24.4 Å². The standard InChI is InChI=1S/C35H43ClN2O4/c1-23-17-29(34(39)40)24-10-14-33-31(19-24)38(20-26-9-12-28(26)32(41-3)8-4-5-16-37(23)2)21-35(22-42-33)15-6-7-25-18-27(36)11-13-30(25)35/h4,8,10-11,13-14,18-19,26,28-29,32H,1,5-7,9,12,15-17,20-22H2,2-3H3,(H,39,40)/b8-4+/t26-,28+,29-,32-,35-/m0/s1. The number of rotatable bonds is 2. The topological polar surface area (TPSA) is 62.2 Å². The molecule has 6 nitrogen and oxygen atoms in total. The molecule has 2 aliphatic carbocycles. The lowest BCUT2D eigenvalue weighted by Gasteiger charge is -2.46. The Morgan fingerprint density at radius 2 is 2.07 bits per heavy atom. The minimum atomic E-state index is -0.830. The van der Waals surface area contributed by atoms with E-state index in [1.54, 1.807) is 0 Å². The number of nitrogens with zero attached hydrogens (tertiary/aromatic N) is 2. The number of aryl methyl sites for hydroxylation is 1. The number of anilines is 1. The fourth-order valence-corrected chi connectivity index (χ4v) is 7.87. The largest absolute Gasteiger partial charge is 0.490 e. The molecule has 7 heteroatoms. The summed E-state index contributed by atoms with van der Waals surface area (Å²) in [6.07, 6.45) is 11.2. The molecule has 2 aromatic carbocycles. The first-order chi connectivity index (χ1) is 20.3. The Kier molecular flexibility index (Phi) is 8.30. The molecule has 6 rings (SSSR count). The van der Waals surface area contributed by atoms with Crippen LogP contribution in [0.15, 0.2) is 60.8 Å². The number of carbonyl (C=O) groups is 1. The molecule has 5 atom stereocenters. The van der Waals surface area contributed by atoms with Gasteiger partial charge in [0.15, 0.2) is 0 Å². The number of benzene rings is 2. The van der Waals surface area contributed by atoms with Crippen molar-refractivity contribution < 1.29 is 19.4 Å². The highest BCUT2D eigenvalue weighted by Gasteiger charge is 2.44. The number of halogens is 1. The number of aliphatic carboxylic acids is 1. The predicted octanol–water partition coefficient (Wildman–Crippen LogP) is 6.82. The number of carboxylic acid groups (broad SMARTS) is 1. The zero-order chi connectivity index (χ0) is 29.4. The van der Waals surface area contributed by atoms with Gasteiger partial charge in [-0.1, -0.05) is 42.5 Å². The number of allylic oxidation sites excluding steroid dienone is 1. The molecule has 1 N–H and O–H groups in total. The second-order valence-corrected chi connectivity index (χ2v) is 13.3. The summed E-state index contributed by atoms with van der Waals surface area (Å²) < 4.78 is 12.7. The van der Waals surface area contributed by atoms with Gasteiger partial charge in [-0.3, -0.25) is 4.79 Å². The van der Waals surface area contributed by atoms with E-state index < -0.39 is 11.9 Å². The van der Waals surface area contributed by atoms with Crippen molar-refractivity contribution in [2.45, 2.75) is 62.4 Å². The zero-order valence-corrected chi connectivity index (χ0v) is 25.6. The lowest BCUT2D eigenvalue weighted by molar-refractivity contribution is -0.138. The second-order valence-electron chi connectivity index (χ2n) is 12.8. The molecular formula is C35H43ClN2O4. The van der Waals surface area contributed by atoms with Gasteiger partial charge in [-0.2, -0.15) is 0 Å². The summed E-state index contributed by atoms with van der Waals surface area (Å²) in [5, 5.41) is 11.1. The summed E-state index contributed by atoms with van der Waals surface area (Å²) in [5.41, 5.74) is 5.11. The molecule has 1 spiro atoms. The Morgan fingerprint density at radius 3 is 2.83 bits per heavy atom. The van der Waals surface area contributed by atoms with E-state index in [1.807, 2.05) is 32.4 Å². The highest BCUT2D eigenvalue weighted by Crippen LogP contribution is 2.47. The molecule has 42 heavy (non-hydrogen) atoms. The number of hydrogen-bond donors (Lipinski definition) is 1. The summed E-state index contributed by atoms with van der Waals surface area (Å²) in [5.74, 6) is 0.243. The highest BCUT2D eigenvalue weighted by molar-refractivity contribution is 6.30. The Balaban J connectivity index is 1.44. The average Bonchev–Trinajstić information content (AvgIpc) is 3.11. The lowest BCUT2D eigenvalue weighted by atomic mass is 9.68. The lowest BCUT2D eigenvalue weighted by Crippen LogP contribution is -2.49. The molecule has 2 aliphatic heterocycles. The van der Waals surface area contributed by atoms with Crippen LogP contribution in [0.2, 0.25) is 5.02 Å². The molecule has 2 bridgehead atoms. The number of hydrogen-bond acceptors (Lipinski definition) is 5. The maximum absolute atomic E-state index is 12.6. The van der Waals surface area contributed by atoms with Gasteiger partial charge in [0.05, 0.1) is 24.3 Å². The molecule has 2 heterocycles. The van der Waals surface area contributed by atoms with Crippen LogP contribution in [0.5, 0.6) is 5.75 Å². The Hall–Kier alpha value is -2.96. The molecule has 224 valence electrons. The van der Waals surface area contributed by atoms with Gasteiger partial charge >= 0.3 is 5.97 Å². The third-order valence-corrected chi connectivity index (χ3v) is 10.6. The molecule has 4 aliphatic rings. The first kappa shape index (κ1) is 29.1. The van der Waals surface area contributed by atoms with Gasteiger partial charge in [-0.15, -0.1) is 0 Å². The van der Waals surface area contributed by atoms with Crippen molar-refractivity contribution in [2.75, 3.05) is 45.3 Å². The van der Waals surface area contributed by atoms with E-state index in [9.17, 15) is 9.90 Å². The number of ether oxygens (including phenoxy) is 2. The van der Waals surface area contributed by atoms with Gasteiger partial charge in [-0.05, 0) is 91.3 Å². The van der Waals surface area contributed by atoms with E-state index in [1.165, 1.54) is 11.1 Å². The minimum absolute atomic E-state index is 0.0853. The fourth-order valence-electron chi connectivity index (χ4n) is 7.68. The van der Waals surface area contributed by atoms with E-state index in [0.717, 1.165) is 85.9 Å². The van der Waals surface area contributed by atoms with Crippen molar-refractivity contribution in [1.82, 2.24) is 4.90 Å². The second kappa shape index (κ2) is 12.0. The van der Waals surface area contributed by atoms with E-state index in [2.05, 4.69) is 46.7 Å². The van der Waals surface area contributed by atoms with Crippen molar-refractivity contribution in [3.63, 3.8) is 0 Å². The maximum atomic E-state index is 12.6. The van der Waals surface area contributed by atoms with Gasteiger partial charge in [0, 0.05) is 56.3 Å². The third kappa shape index (κ3) is 5.56. The average molecular weight is 591 g/mol. The zero-order valence-electron chi connectivity index (χ0n) is 24.9. The van der Waals surface area contributed by atoms with Crippen molar-refractivity contribution in [2.24, 2.45) is 11.8 Å². The summed E-state index contributed by atoms with van der Waals surface area (Å²) in [4.78, 5) is 17.2. The Labute approximate surface area is 254 Å². The first-order valence-electron chi connectivity index (χ1n) is 15.4. The van der Waals surface area contributed by atoms with Crippen LogP contribution in [0.25, 0.3) is 0 Å². The smallest absolute Gasteiger partial charge is 0.311 e. The predicted molar refractivity (Wildman–Crippen MR) is 168 cm³/mol. The van der Waals surface area contributed by atoms with Crippen LogP contribution in [-0.4, -0.2) is 62.5 Å². The normalized spacial score (nSPS) is 30.4. The van der Waals surface area contributed by atoms with Crippen LogP contribution in [0.3, 0.4) is 0 Å². The van der Waals surface area contributed by atoms with Crippen LogP contribution in [0.4, 0.5) is 5.69 Å². The van der Waals surface area contributed by atoms with E-state index in [-0.39, 0.29) is 11.5 Å². The molecule has 0 aromatic heterocycles. The Morgan fingerprint density at radius 1 is 1.21 bits per heavy atom. The molecular weight excluding hydrogens is 548 g/mol. The summed E-state index contributed by atoms with van der Waals surface area (Å²) in [7, 11) is 3.82. The van der Waals surface area contributed by atoms with Gasteiger partial charge in [0.2, 0.25) is 0 Å². The van der Waals surface area contributed by atoms with Crippen LogP contribution >= 0.6 is 11.6 Å². The molecule has 1 fully saturated rings. The minimum Gasteiger partial charge on any atom is -0.490 e. The molecule has 2 aromatic rings. The number of carboxylic acids is 1. The van der Waals surface area contributed by atoms with Gasteiger partial charge in [0.25, 0.3) is 0 Å². The summed E-state index contributed by atoms with van der Waals surface area (Å²) in [6, 6.07) is 12.4. The van der Waals surface area contributed by atoms with E-state index in [0.29, 0.717) is 24.9 Å². The fraction of sp³-hybridized carbons (Fsp3) is 0.514. The number of methoxy groups -OCH3 is 1. The summed E-state index contributed by atoms with van der Waals surface area (Å²) in [6.45, 7) is 7.34. The van der Waals surface area contributed by atoms with E-state index >= 15 is 0 Å². The quantitative estimate of drug-likeness (QED) is 0.387. The van der Waals surface area contributed by atoms with Crippen molar-refractivity contribution in [3.05, 3.63) is 82.5 Å². The highest BCUT2D eigenvalue weighted by atomic mass is 35.5. The first-order valence-corrected chi connectivity index (χ1v) is 15.8. The summed E-state index contributed by atoms with van der Waals surface area (Å²) >= 11 is 6.43. The molecule has 0 radical (unpaired) electrons. The van der Waals surface area contributed by atoms with Crippen LogP contribution in [0.1, 0.15) is 61.1 Å². The molecule has 0 saturated heterocycles. The SMILES string of the molecule is C=C1C[C@H](C(=O)O)c2ccc3c(c2)N(C[C@@H]2CC[C@H]2[C@@H](OC)/C=C/CCN1C)C[C@@]1(CCCc2cc(Cl)ccc21)CO3. The monoisotopic (exact) mass is 590 g/mol. The van der Waals surface area contributed by atoms with Crippen molar-refractivity contribution >= 4 is 23.3 Å². The van der Waals surface area contributed by atoms with Gasteiger partial charge in [-0.25, -0.2) is 0 Å². The van der Waals surface area contributed by atoms with Gasteiger partial charge in [0.1, 0.15) is 5.75 Å². The van der Waals surface area contributed by atoms with E-state index in [4.69, 9.17) is 21.1 Å². The molecule has 0 amide bonds. The maximum Gasteiger partial charge on any atom is 0.311 e. The molecule has 1 saturated carbocycles. The van der Waals surface area contributed by atoms with Crippen molar-refractivity contribution in [3.8, 4) is 5.75 Å². The van der Waals surface area contributed by atoms with Crippen molar-refractivity contribution in [1.29, 1.82) is 0 Å². The Bertz CT molecular complexity index is 1370.